The molecule has 1 fully saturated rings. The average Bonchev–Trinajstić information content (AvgIpc) is 2.06. The first-order chi connectivity index (χ1) is 6.33. The molecule has 2 heteroatoms. The molecule has 2 nitrogen and oxygen atoms in total. The van der Waals surface area contributed by atoms with Crippen molar-refractivity contribution in [3.05, 3.63) is 0 Å². The molecule has 1 aliphatic carbocycles. The highest BCUT2D eigenvalue weighted by atomic mass is 16.5. The first kappa shape index (κ1) is 11.0. The summed E-state index contributed by atoms with van der Waals surface area (Å²) in [6, 6.07) is 0.422. The molecule has 0 spiro atoms. The summed E-state index contributed by atoms with van der Waals surface area (Å²) < 4.78 is 5.27. The van der Waals surface area contributed by atoms with Crippen LogP contribution in [0.25, 0.3) is 0 Å². The predicted molar refractivity (Wildman–Crippen MR) is 55.7 cm³/mol. The smallest absolute Gasteiger partial charge is 0.0466 e. The zero-order chi connectivity index (χ0) is 9.52. The summed E-state index contributed by atoms with van der Waals surface area (Å²) in [6.45, 7) is 3.75. The van der Waals surface area contributed by atoms with Crippen molar-refractivity contribution in [3.8, 4) is 0 Å². The first-order valence-corrected chi connectivity index (χ1v) is 5.66. The second-order valence-corrected chi connectivity index (χ2v) is 4.13. The maximum Gasteiger partial charge on any atom is 0.0466 e. The van der Waals surface area contributed by atoms with Crippen LogP contribution in [0, 0.1) is 5.92 Å². The molecule has 78 valence electrons. The van der Waals surface area contributed by atoms with E-state index in [9.17, 15) is 0 Å². The molecular formula is C11H23NO. The monoisotopic (exact) mass is 185 g/mol. The average molecular weight is 185 g/mol. The van der Waals surface area contributed by atoms with Crippen LogP contribution in [0.2, 0.25) is 0 Å². The summed E-state index contributed by atoms with van der Waals surface area (Å²) in [5.74, 6) is 0.946. The Balaban J connectivity index is 1.87. The molecule has 0 saturated heterocycles. The van der Waals surface area contributed by atoms with E-state index in [0.29, 0.717) is 6.04 Å². The highest BCUT2D eigenvalue weighted by Crippen LogP contribution is 2.30. The molecule has 1 rings (SSSR count). The van der Waals surface area contributed by atoms with Crippen LogP contribution in [0.3, 0.4) is 0 Å². The van der Waals surface area contributed by atoms with Gasteiger partial charge in [0.25, 0.3) is 0 Å². The Hall–Kier alpha value is -0.0800. The maximum absolute atomic E-state index is 6.01. The molecule has 0 radical (unpaired) electrons. The summed E-state index contributed by atoms with van der Waals surface area (Å²) in [7, 11) is 0. The number of nitrogens with two attached hydrogens (primary N) is 1. The van der Waals surface area contributed by atoms with E-state index in [1.54, 1.807) is 0 Å². The molecule has 0 amide bonds. The summed E-state index contributed by atoms with van der Waals surface area (Å²) in [5.41, 5.74) is 6.01. The molecule has 2 N–H and O–H groups in total. The Morgan fingerprint density at radius 2 is 2.23 bits per heavy atom. The third-order valence-corrected chi connectivity index (χ3v) is 2.93. The summed E-state index contributed by atoms with van der Waals surface area (Å²) in [5, 5.41) is 0. The highest BCUT2D eigenvalue weighted by molar-refractivity contribution is 4.75. The van der Waals surface area contributed by atoms with Crippen molar-refractivity contribution in [2.24, 2.45) is 11.7 Å². The first-order valence-electron chi connectivity index (χ1n) is 5.66. The molecule has 13 heavy (non-hydrogen) atoms. The van der Waals surface area contributed by atoms with Crippen LogP contribution in [0.5, 0.6) is 0 Å². The van der Waals surface area contributed by atoms with Crippen LogP contribution in [0.4, 0.5) is 0 Å². The molecule has 0 aromatic carbocycles. The maximum atomic E-state index is 6.01. The number of hydrogen-bond donors (Lipinski definition) is 1. The Morgan fingerprint density at radius 1 is 1.46 bits per heavy atom. The van der Waals surface area contributed by atoms with E-state index < -0.39 is 0 Å². The summed E-state index contributed by atoms with van der Waals surface area (Å²) >= 11 is 0. The van der Waals surface area contributed by atoms with Gasteiger partial charge in [-0.05, 0) is 32.1 Å². The minimum atomic E-state index is 0.422. The van der Waals surface area contributed by atoms with E-state index in [1.807, 2.05) is 6.92 Å². The third kappa shape index (κ3) is 4.63. The molecule has 0 heterocycles. The van der Waals surface area contributed by atoms with Gasteiger partial charge in [0.2, 0.25) is 0 Å². The lowest BCUT2D eigenvalue weighted by atomic mass is 9.80. The second kappa shape index (κ2) is 6.39. The molecule has 0 aromatic heterocycles. The van der Waals surface area contributed by atoms with E-state index in [2.05, 4.69) is 0 Å². The van der Waals surface area contributed by atoms with Crippen LogP contribution in [-0.2, 0) is 4.74 Å². The Labute approximate surface area is 81.8 Å². The van der Waals surface area contributed by atoms with Crippen molar-refractivity contribution >= 4 is 0 Å². The van der Waals surface area contributed by atoms with Crippen molar-refractivity contribution in [2.45, 2.75) is 51.5 Å². The van der Waals surface area contributed by atoms with E-state index in [4.69, 9.17) is 10.5 Å². The van der Waals surface area contributed by atoms with Crippen LogP contribution >= 0.6 is 0 Å². The van der Waals surface area contributed by atoms with Gasteiger partial charge in [-0.2, -0.15) is 0 Å². The fourth-order valence-electron chi connectivity index (χ4n) is 1.87. The molecular weight excluding hydrogens is 162 g/mol. The minimum absolute atomic E-state index is 0.422. The fourth-order valence-corrected chi connectivity index (χ4v) is 1.87. The van der Waals surface area contributed by atoms with Gasteiger partial charge in [0, 0.05) is 19.3 Å². The zero-order valence-corrected chi connectivity index (χ0v) is 8.80. The van der Waals surface area contributed by atoms with Gasteiger partial charge in [-0.15, -0.1) is 0 Å². The Bertz CT molecular complexity index is 123. The molecule has 0 aromatic rings. The lowest BCUT2D eigenvalue weighted by molar-refractivity contribution is 0.140. The van der Waals surface area contributed by atoms with Crippen molar-refractivity contribution in [3.63, 3.8) is 0 Å². The van der Waals surface area contributed by atoms with Gasteiger partial charge in [-0.25, -0.2) is 0 Å². The highest BCUT2D eigenvalue weighted by Gasteiger charge is 2.19. The molecule has 1 atom stereocenters. The molecule has 1 saturated carbocycles. The van der Waals surface area contributed by atoms with Crippen LogP contribution < -0.4 is 5.73 Å². The molecule has 1 unspecified atom stereocenters. The Kier molecular flexibility index (Phi) is 5.40. The third-order valence-electron chi connectivity index (χ3n) is 2.93. The SMILES string of the molecule is CCOCCCC(N)CC1CCC1. The molecule has 0 bridgehead atoms. The van der Waals surface area contributed by atoms with Crippen molar-refractivity contribution in [2.75, 3.05) is 13.2 Å². The standard InChI is InChI=1S/C11H23NO/c1-2-13-8-4-7-11(12)9-10-5-3-6-10/h10-11H,2-9,12H2,1H3. The van der Waals surface area contributed by atoms with Crippen LogP contribution in [0.1, 0.15) is 45.4 Å². The summed E-state index contributed by atoms with van der Waals surface area (Å²) in [4.78, 5) is 0. The van der Waals surface area contributed by atoms with Crippen molar-refractivity contribution in [1.82, 2.24) is 0 Å². The predicted octanol–water partition coefficient (Wildman–Crippen LogP) is 2.32. The normalized spacial score (nSPS) is 19.8. The minimum Gasteiger partial charge on any atom is -0.382 e. The van der Waals surface area contributed by atoms with Gasteiger partial charge in [0.05, 0.1) is 0 Å². The Morgan fingerprint density at radius 3 is 2.77 bits per heavy atom. The van der Waals surface area contributed by atoms with E-state index in [-0.39, 0.29) is 0 Å². The van der Waals surface area contributed by atoms with Gasteiger partial charge in [-0.1, -0.05) is 19.3 Å². The zero-order valence-electron chi connectivity index (χ0n) is 8.80. The number of hydrogen-bond acceptors (Lipinski definition) is 2. The van der Waals surface area contributed by atoms with Gasteiger partial charge in [0.15, 0.2) is 0 Å². The lowest BCUT2D eigenvalue weighted by Crippen LogP contribution is -2.26. The van der Waals surface area contributed by atoms with Crippen LogP contribution in [-0.4, -0.2) is 19.3 Å². The van der Waals surface area contributed by atoms with Crippen LogP contribution in [0.15, 0.2) is 0 Å². The summed E-state index contributed by atoms with van der Waals surface area (Å²) in [6.07, 6.45) is 7.76. The van der Waals surface area contributed by atoms with E-state index in [0.717, 1.165) is 32.0 Å². The molecule has 1 aliphatic rings. The van der Waals surface area contributed by atoms with E-state index in [1.165, 1.54) is 25.7 Å². The van der Waals surface area contributed by atoms with Gasteiger partial charge in [0.1, 0.15) is 0 Å². The van der Waals surface area contributed by atoms with Crippen molar-refractivity contribution < 1.29 is 4.74 Å². The van der Waals surface area contributed by atoms with E-state index >= 15 is 0 Å². The molecule has 0 aliphatic heterocycles. The van der Waals surface area contributed by atoms with Gasteiger partial charge < -0.3 is 10.5 Å². The quantitative estimate of drug-likeness (QED) is 0.618. The largest absolute Gasteiger partial charge is 0.382 e. The lowest BCUT2D eigenvalue weighted by Gasteiger charge is -2.28. The number of ether oxygens (including phenoxy) is 1. The van der Waals surface area contributed by atoms with Gasteiger partial charge in [-0.3, -0.25) is 0 Å². The fraction of sp³-hybridized carbons (Fsp3) is 1.00. The van der Waals surface area contributed by atoms with Crippen molar-refractivity contribution in [1.29, 1.82) is 0 Å². The van der Waals surface area contributed by atoms with Gasteiger partial charge >= 0.3 is 0 Å². The second-order valence-electron chi connectivity index (χ2n) is 4.13. The topological polar surface area (TPSA) is 35.2 Å². The number of rotatable bonds is 7.